The molecule has 2 atom stereocenters. The van der Waals surface area contributed by atoms with Crippen molar-refractivity contribution >= 4 is 0 Å². The summed E-state index contributed by atoms with van der Waals surface area (Å²) in [5.74, 6) is 1.65. The Hall–Kier alpha value is -0.0800. The predicted molar refractivity (Wildman–Crippen MR) is 53.7 cm³/mol. The molecule has 2 nitrogen and oxygen atoms in total. The van der Waals surface area contributed by atoms with Gasteiger partial charge in [-0.1, -0.05) is 13.8 Å². The number of likely N-dealkylation sites (N-methyl/N-ethyl adjacent to an activating group) is 1. The van der Waals surface area contributed by atoms with Gasteiger partial charge < -0.3 is 4.74 Å². The first-order valence-electron chi connectivity index (χ1n) is 5.46. The van der Waals surface area contributed by atoms with Crippen LogP contribution in [-0.4, -0.2) is 37.2 Å². The molecule has 2 aliphatic rings. The van der Waals surface area contributed by atoms with Crippen molar-refractivity contribution in [1.82, 2.24) is 4.90 Å². The number of ether oxygens (including phenoxy) is 1. The van der Waals surface area contributed by atoms with Gasteiger partial charge in [-0.25, -0.2) is 0 Å². The van der Waals surface area contributed by atoms with Gasteiger partial charge in [0, 0.05) is 12.1 Å². The van der Waals surface area contributed by atoms with Gasteiger partial charge >= 0.3 is 0 Å². The number of hydrogen-bond acceptors (Lipinski definition) is 2. The second-order valence-electron chi connectivity index (χ2n) is 4.97. The van der Waals surface area contributed by atoms with Gasteiger partial charge in [0.15, 0.2) is 0 Å². The molecular formula is C11H21NO. The van der Waals surface area contributed by atoms with Gasteiger partial charge in [-0.2, -0.15) is 0 Å². The molecule has 2 heterocycles. The van der Waals surface area contributed by atoms with Crippen molar-refractivity contribution in [3.63, 3.8) is 0 Å². The molecule has 2 aliphatic heterocycles. The predicted octanol–water partition coefficient (Wildman–Crippen LogP) is 1.75. The van der Waals surface area contributed by atoms with E-state index in [9.17, 15) is 0 Å². The lowest BCUT2D eigenvalue weighted by atomic mass is 9.77. The highest BCUT2D eigenvalue weighted by atomic mass is 16.5. The van der Waals surface area contributed by atoms with Crippen molar-refractivity contribution in [2.75, 3.05) is 26.8 Å². The highest BCUT2D eigenvalue weighted by molar-refractivity contribution is 5.03. The van der Waals surface area contributed by atoms with E-state index in [1.54, 1.807) is 0 Å². The SMILES string of the molecule is CC(C)C1CCN(C)C12CCOC2. The van der Waals surface area contributed by atoms with Crippen LogP contribution in [0.1, 0.15) is 26.7 Å². The largest absolute Gasteiger partial charge is 0.379 e. The van der Waals surface area contributed by atoms with E-state index in [2.05, 4.69) is 25.8 Å². The summed E-state index contributed by atoms with van der Waals surface area (Å²) in [4.78, 5) is 2.53. The minimum atomic E-state index is 0.397. The Morgan fingerprint density at radius 3 is 2.77 bits per heavy atom. The fourth-order valence-electron chi connectivity index (χ4n) is 3.22. The first-order valence-corrected chi connectivity index (χ1v) is 5.46. The summed E-state index contributed by atoms with van der Waals surface area (Å²) in [7, 11) is 2.26. The van der Waals surface area contributed by atoms with E-state index in [0.717, 1.165) is 25.0 Å². The van der Waals surface area contributed by atoms with Crippen LogP contribution >= 0.6 is 0 Å². The van der Waals surface area contributed by atoms with Crippen molar-refractivity contribution in [2.45, 2.75) is 32.2 Å². The molecule has 2 fully saturated rings. The van der Waals surface area contributed by atoms with Gasteiger partial charge in [0.2, 0.25) is 0 Å². The summed E-state index contributed by atoms with van der Waals surface area (Å²) in [5.41, 5.74) is 0.397. The van der Waals surface area contributed by atoms with E-state index in [4.69, 9.17) is 4.74 Å². The number of likely N-dealkylation sites (tertiary alicyclic amines) is 1. The summed E-state index contributed by atoms with van der Waals surface area (Å²) in [6.07, 6.45) is 2.60. The average molecular weight is 183 g/mol. The van der Waals surface area contributed by atoms with Crippen LogP contribution in [0.3, 0.4) is 0 Å². The van der Waals surface area contributed by atoms with Crippen molar-refractivity contribution in [3.05, 3.63) is 0 Å². The summed E-state index contributed by atoms with van der Waals surface area (Å²) >= 11 is 0. The molecule has 0 aromatic rings. The van der Waals surface area contributed by atoms with E-state index in [1.165, 1.54) is 19.4 Å². The van der Waals surface area contributed by atoms with Crippen LogP contribution in [0, 0.1) is 11.8 Å². The third kappa shape index (κ3) is 1.31. The van der Waals surface area contributed by atoms with Crippen molar-refractivity contribution < 1.29 is 4.74 Å². The highest BCUT2D eigenvalue weighted by Gasteiger charge is 2.50. The Morgan fingerprint density at radius 2 is 2.23 bits per heavy atom. The third-order valence-electron chi connectivity index (χ3n) is 4.06. The number of rotatable bonds is 1. The van der Waals surface area contributed by atoms with Gasteiger partial charge in [-0.15, -0.1) is 0 Å². The Morgan fingerprint density at radius 1 is 1.46 bits per heavy atom. The highest BCUT2D eigenvalue weighted by Crippen LogP contribution is 2.43. The molecule has 0 bridgehead atoms. The lowest BCUT2D eigenvalue weighted by Gasteiger charge is -2.37. The van der Waals surface area contributed by atoms with Crippen LogP contribution in [0.2, 0.25) is 0 Å². The smallest absolute Gasteiger partial charge is 0.0654 e. The second-order valence-corrected chi connectivity index (χ2v) is 4.97. The first kappa shape index (κ1) is 9.47. The summed E-state index contributed by atoms with van der Waals surface area (Å²) in [6.45, 7) is 7.89. The van der Waals surface area contributed by atoms with E-state index in [-0.39, 0.29) is 0 Å². The summed E-state index contributed by atoms with van der Waals surface area (Å²) < 4.78 is 5.59. The topological polar surface area (TPSA) is 12.5 Å². The molecule has 0 aromatic heterocycles. The molecule has 0 saturated carbocycles. The zero-order valence-electron chi connectivity index (χ0n) is 9.05. The average Bonchev–Trinajstić information content (AvgIpc) is 2.64. The van der Waals surface area contributed by atoms with Crippen LogP contribution in [0.25, 0.3) is 0 Å². The van der Waals surface area contributed by atoms with Crippen LogP contribution in [0.15, 0.2) is 0 Å². The van der Waals surface area contributed by atoms with Gasteiger partial charge in [-0.3, -0.25) is 4.90 Å². The van der Waals surface area contributed by atoms with Crippen LogP contribution in [0.5, 0.6) is 0 Å². The molecule has 76 valence electrons. The molecule has 2 rings (SSSR count). The number of hydrogen-bond donors (Lipinski definition) is 0. The molecule has 13 heavy (non-hydrogen) atoms. The van der Waals surface area contributed by atoms with Gasteiger partial charge in [0.25, 0.3) is 0 Å². The molecule has 2 heteroatoms. The minimum Gasteiger partial charge on any atom is -0.379 e. The molecule has 0 aromatic carbocycles. The monoisotopic (exact) mass is 183 g/mol. The van der Waals surface area contributed by atoms with E-state index in [1.807, 2.05) is 0 Å². The molecule has 0 radical (unpaired) electrons. The van der Waals surface area contributed by atoms with E-state index in [0.29, 0.717) is 5.54 Å². The molecule has 0 amide bonds. The lowest BCUT2D eigenvalue weighted by molar-refractivity contribution is 0.0767. The molecular weight excluding hydrogens is 162 g/mol. The third-order valence-corrected chi connectivity index (χ3v) is 4.06. The Balaban J connectivity index is 2.20. The Labute approximate surface area is 81.3 Å². The maximum Gasteiger partial charge on any atom is 0.0654 e. The molecule has 0 aliphatic carbocycles. The molecule has 2 saturated heterocycles. The van der Waals surface area contributed by atoms with Crippen molar-refractivity contribution in [1.29, 1.82) is 0 Å². The number of nitrogens with zero attached hydrogens (tertiary/aromatic N) is 1. The van der Waals surface area contributed by atoms with Crippen molar-refractivity contribution in [2.24, 2.45) is 11.8 Å². The first-order chi connectivity index (χ1) is 6.17. The Kier molecular flexibility index (Phi) is 2.37. The molecule has 2 unspecified atom stereocenters. The molecule has 1 spiro atoms. The summed E-state index contributed by atoms with van der Waals surface area (Å²) in [6, 6.07) is 0. The quantitative estimate of drug-likeness (QED) is 0.614. The second kappa shape index (κ2) is 3.25. The minimum absolute atomic E-state index is 0.397. The normalized spacial score (nSPS) is 41.1. The van der Waals surface area contributed by atoms with Crippen LogP contribution in [0.4, 0.5) is 0 Å². The van der Waals surface area contributed by atoms with Gasteiger partial charge in [0.05, 0.1) is 6.61 Å². The molecule has 0 N–H and O–H groups in total. The standard InChI is InChI=1S/C11H21NO/c1-9(2)10-4-6-12(3)11(10)5-7-13-8-11/h9-10H,4-8H2,1-3H3. The summed E-state index contributed by atoms with van der Waals surface area (Å²) in [5, 5.41) is 0. The lowest BCUT2D eigenvalue weighted by Crippen LogP contribution is -2.48. The maximum absolute atomic E-state index is 5.59. The van der Waals surface area contributed by atoms with Crippen LogP contribution in [-0.2, 0) is 4.74 Å². The van der Waals surface area contributed by atoms with E-state index < -0.39 is 0 Å². The Bertz CT molecular complexity index is 185. The fourth-order valence-corrected chi connectivity index (χ4v) is 3.22. The van der Waals surface area contributed by atoms with Crippen LogP contribution < -0.4 is 0 Å². The van der Waals surface area contributed by atoms with Gasteiger partial charge in [0.1, 0.15) is 0 Å². The maximum atomic E-state index is 5.59. The zero-order valence-corrected chi connectivity index (χ0v) is 9.05. The van der Waals surface area contributed by atoms with Crippen molar-refractivity contribution in [3.8, 4) is 0 Å². The zero-order chi connectivity index (χ0) is 9.47. The van der Waals surface area contributed by atoms with E-state index >= 15 is 0 Å². The van der Waals surface area contributed by atoms with Gasteiger partial charge in [-0.05, 0) is 38.3 Å². The fraction of sp³-hybridized carbons (Fsp3) is 1.00.